The molecule has 0 saturated carbocycles. The second kappa shape index (κ2) is 4.61. The smallest absolute Gasteiger partial charge is 0.399 e. The molecule has 1 saturated heterocycles. The van der Waals surface area contributed by atoms with Gasteiger partial charge < -0.3 is 14.6 Å². The van der Waals surface area contributed by atoms with Crippen LogP contribution in [0, 0.1) is 0 Å². The summed E-state index contributed by atoms with van der Waals surface area (Å²) in [4.78, 5) is 15.8. The van der Waals surface area contributed by atoms with E-state index < -0.39 is 31.2 Å². The van der Waals surface area contributed by atoms with Gasteiger partial charge in [-0.3, -0.25) is 9.78 Å². The van der Waals surface area contributed by atoms with Gasteiger partial charge in [0.15, 0.2) is 0 Å². The maximum atomic E-state index is 11.9. The Kier molecular flexibility index (Phi) is 2.53. The lowest BCUT2D eigenvalue weighted by Crippen LogP contribution is -2.41. The highest BCUT2D eigenvalue weighted by atomic mass is 16.7. The number of hydrogen-bond donors (Lipinski definition) is 1. The first-order valence-electron chi connectivity index (χ1n) is 7.55. The summed E-state index contributed by atoms with van der Waals surface area (Å²) in [6, 6.07) is 3.15. The van der Waals surface area contributed by atoms with E-state index in [9.17, 15) is 4.79 Å². The van der Waals surface area contributed by atoms with Gasteiger partial charge in [-0.25, -0.2) is 0 Å². The van der Waals surface area contributed by atoms with E-state index in [2.05, 4.69) is 4.98 Å². The highest BCUT2D eigenvalue weighted by Gasteiger charge is 2.51. The van der Waals surface area contributed by atoms with Crippen molar-refractivity contribution in [1.29, 1.82) is 0 Å². The lowest BCUT2D eigenvalue weighted by molar-refractivity contribution is 0.00578. The number of nitrogens with one attached hydrogen (secondary N) is 1. The monoisotopic (exact) mass is 265 g/mol. The maximum absolute atomic E-state index is 11.9. The summed E-state index contributed by atoms with van der Waals surface area (Å²) in [5.74, 6) is -0.765. The molecule has 2 heterocycles. The fourth-order valence-corrected chi connectivity index (χ4v) is 1.76. The average molecular weight is 265 g/mol. The Bertz CT molecular complexity index is 574. The molecule has 0 unspecified atom stereocenters. The third-order valence-corrected chi connectivity index (χ3v) is 3.66. The molecule has 0 spiro atoms. The largest absolute Gasteiger partial charge is 0.494 e. The van der Waals surface area contributed by atoms with Crippen LogP contribution in [0.3, 0.4) is 0 Å². The zero-order valence-electron chi connectivity index (χ0n) is 14.5. The SMILES string of the molecule is [2H]C([2H])([2H])NC(=O)c1cc(B2OC(C)(C)C(C)(C)O2)ccn1. The Morgan fingerprint density at radius 1 is 1.37 bits per heavy atom. The molecule has 0 atom stereocenters. The van der Waals surface area contributed by atoms with Gasteiger partial charge in [0.2, 0.25) is 0 Å². The van der Waals surface area contributed by atoms with E-state index in [0.717, 1.165) is 0 Å². The molecular weight excluding hydrogens is 243 g/mol. The number of amides is 1. The molecule has 1 aliphatic heterocycles. The predicted octanol–water partition coefficient (Wildman–Crippen LogP) is 0.740. The van der Waals surface area contributed by atoms with Crippen molar-refractivity contribution in [3.63, 3.8) is 0 Å². The van der Waals surface area contributed by atoms with Crippen molar-refractivity contribution in [2.45, 2.75) is 38.9 Å². The van der Waals surface area contributed by atoms with Gasteiger partial charge in [-0.1, -0.05) is 0 Å². The first-order valence-corrected chi connectivity index (χ1v) is 6.05. The molecule has 0 bridgehead atoms. The van der Waals surface area contributed by atoms with Gasteiger partial charge in [0, 0.05) is 17.3 Å². The Hall–Kier alpha value is -1.40. The van der Waals surface area contributed by atoms with Gasteiger partial charge in [0.25, 0.3) is 5.91 Å². The number of aromatic nitrogens is 1. The van der Waals surface area contributed by atoms with Crippen LogP contribution in [0.1, 0.15) is 42.3 Å². The first-order chi connectivity index (χ1) is 9.91. The second-order valence-corrected chi connectivity index (χ2v) is 5.52. The van der Waals surface area contributed by atoms with E-state index in [1.54, 1.807) is 6.07 Å². The third-order valence-electron chi connectivity index (χ3n) is 3.66. The van der Waals surface area contributed by atoms with Crippen LogP contribution in [-0.2, 0) is 9.31 Å². The van der Waals surface area contributed by atoms with Crippen molar-refractivity contribution in [3.8, 4) is 0 Å². The number of carbonyl (C=O) groups is 1. The zero-order valence-corrected chi connectivity index (χ0v) is 11.5. The molecule has 2 rings (SSSR count). The van der Waals surface area contributed by atoms with Crippen molar-refractivity contribution in [2.75, 3.05) is 6.98 Å². The molecule has 0 radical (unpaired) electrons. The predicted molar refractivity (Wildman–Crippen MR) is 73.3 cm³/mol. The number of carbonyl (C=O) groups excluding carboxylic acids is 1. The van der Waals surface area contributed by atoms with E-state index in [1.165, 1.54) is 12.3 Å². The Balaban J connectivity index is 2.22. The van der Waals surface area contributed by atoms with Crippen LogP contribution < -0.4 is 10.8 Å². The highest BCUT2D eigenvalue weighted by molar-refractivity contribution is 6.62. The van der Waals surface area contributed by atoms with Crippen LogP contribution in [0.4, 0.5) is 0 Å². The first kappa shape index (κ1) is 10.4. The molecule has 5 nitrogen and oxygen atoms in total. The summed E-state index contributed by atoms with van der Waals surface area (Å²) in [6.45, 7) is 5.15. The van der Waals surface area contributed by atoms with E-state index in [-0.39, 0.29) is 5.69 Å². The van der Waals surface area contributed by atoms with Crippen molar-refractivity contribution in [3.05, 3.63) is 24.0 Å². The van der Waals surface area contributed by atoms with Gasteiger partial charge in [0.1, 0.15) is 5.69 Å². The average Bonchev–Trinajstić information content (AvgIpc) is 2.57. The minimum Gasteiger partial charge on any atom is -0.399 e. The Labute approximate surface area is 118 Å². The van der Waals surface area contributed by atoms with Gasteiger partial charge in [0.05, 0.1) is 11.2 Å². The lowest BCUT2D eigenvalue weighted by Gasteiger charge is -2.32. The van der Waals surface area contributed by atoms with Crippen LogP contribution in [-0.4, -0.2) is 36.2 Å². The Morgan fingerprint density at radius 3 is 2.58 bits per heavy atom. The van der Waals surface area contributed by atoms with E-state index >= 15 is 0 Å². The minimum absolute atomic E-state index is 0.00309. The molecule has 1 aromatic heterocycles. The van der Waals surface area contributed by atoms with E-state index in [1.807, 2.05) is 33.0 Å². The molecular formula is C13H19BN2O3. The molecule has 1 amide bonds. The topological polar surface area (TPSA) is 60.5 Å². The van der Waals surface area contributed by atoms with Gasteiger partial charge in [-0.2, -0.15) is 0 Å². The van der Waals surface area contributed by atoms with Gasteiger partial charge in [-0.15, -0.1) is 0 Å². The van der Waals surface area contributed by atoms with Crippen molar-refractivity contribution >= 4 is 18.5 Å². The highest BCUT2D eigenvalue weighted by Crippen LogP contribution is 2.36. The normalized spacial score (nSPS) is 23.4. The summed E-state index contributed by atoms with van der Waals surface area (Å²) in [7, 11) is -0.632. The van der Waals surface area contributed by atoms with Crippen LogP contribution in [0.25, 0.3) is 0 Å². The summed E-state index contributed by atoms with van der Waals surface area (Å²) < 4.78 is 33.0. The van der Waals surface area contributed by atoms with Crippen LogP contribution in [0.5, 0.6) is 0 Å². The molecule has 0 aliphatic carbocycles. The molecule has 6 heteroatoms. The van der Waals surface area contributed by atoms with Crippen molar-refractivity contribution in [1.82, 2.24) is 10.3 Å². The number of hydrogen-bond acceptors (Lipinski definition) is 4. The fraction of sp³-hybridized carbons (Fsp3) is 0.538. The molecule has 1 aromatic rings. The number of rotatable bonds is 2. The summed E-state index contributed by atoms with van der Waals surface area (Å²) in [6.07, 6.45) is 1.43. The fourth-order valence-electron chi connectivity index (χ4n) is 1.76. The van der Waals surface area contributed by atoms with Crippen molar-refractivity contribution < 1.29 is 18.2 Å². The molecule has 1 fully saturated rings. The standard InChI is InChI=1S/C13H19BN2O3/c1-12(2)13(3,4)19-14(18-12)9-6-7-16-10(8-9)11(17)15-5/h6-8H,1-5H3,(H,15,17)/i5D3. The Morgan fingerprint density at radius 2 is 2.00 bits per heavy atom. The lowest BCUT2D eigenvalue weighted by atomic mass is 9.79. The van der Waals surface area contributed by atoms with E-state index in [0.29, 0.717) is 5.46 Å². The summed E-state index contributed by atoms with van der Waals surface area (Å²) >= 11 is 0. The number of nitrogens with zero attached hydrogens (tertiary/aromatic N) is 1. The van der Waals surface area contributed by atoms with Gasteiger partial charge >= 0.3 is 7.12 Å². The van der Waals surface area contributed by atoms with Crippen LogP contribution in [0.2, 0.25) is 0 Å². The number of pyridine rings is 1. The molecule has 19 heavy (non-hydrogen) atoms. The minimum atomic E-state index is -2.56. The third kappa shape index (κ3) is 2.50. The second-order valence-electron chi connectivity index (χ2n) is 5.52. The van der Waals surface area contributed by atoms with Crippen molar-refractivity contribution in [2.24, 2.45) is 0 Å². The van der Waals surface area contributed by atoms with Crippen LogP contribution >= 0.6 is 0 Å². The molecule has 1 N–H and O–H groups in total. The molecule has 0 aromatic carbocycles. The summed E-state index contributed by atoms with van der Waals surface area (Å²) in [5, 5.41) is 1.90. The van der Waals surface area contributed by atoms with E-state index in [4.69, 9.17) is 13.4 Å². The van der Waals surface area contributed by atoms with Gasteiger partial charge in [-0.05, 0) is 45.3 Å². The summed E-state index contributed by atoms with van der Waals surface area (Å²) in [5.41, 5.74) is -0.378. The molecule has 102 valence electrons. The quantitative estimate of drug-likeness (QED) is 0.801. The zero-order chi connectivity index (χ0) is 16.8. The maximum Gasteiger partial charge on any atom is 0.494 e. The van der Waals surface area contributed by atoms with Crippen LogP contribution in [0.15, 0.2) is 18.3 Å². The molecule has 1 aliphatic rings.